The molecule has 174 valence electrons. The van der Waals surface area contributed by atoms with E-state index in [1.165, 1.54) is 11.4 Å². The molecule has 4 rings (SSSR count). The lowest BCUT2D eigenvalue weighted by Gasteiger charge is -2.38. The van der Waals surface area contributed by atoms with Gasteiger partial charge in [-0.3, -0.25) is 4.79 Å². The fourth-order valence-electron chi connectivity index (χ4n) is 4.14. The molecule has 1 N–H and O–H groups in total. The highest BCUT2D eigenvalue weighted by atomic mass is 32.2. The Hall–Kier alpha value is -2.05. The molecular weight excluding hydrogens is 475 g/mol. The van der Waals surface area contributed by atoms with Gasteiger partial charge in [0.25, 0.3) is 5.92 Å². The summed E-state index contributed by atoms with van der Waals surface area (Å²) in [6.45, 7) is -0.805. The summed E-state index contributed by atoms with van der Waals surface area (Å²) in [7, 11) is -3.93. The van der Waals surface area contributed by atoms with Crippen LogP contribution in [0, 0.1) is 22.7 Å². The molecule has 5 nitrogen and oxygen atoms in total. The van der Waals surface area contributed by atoms with Crippen molar-refractivity contribution >= 4 is 27.3 Å². The number of piperidine rings is 1. The average molecular weight is 495 g/mol. The number of thiophene rings is 1. The van der Waals surface area contributed by atoms with E-state index in [2.05, 4.69) is 0 Å². The second-order valence-electron chi connectivity index (χ2n) is 8.12. The van der Waals surface area contributed by atoms with Gasteiger partial charge in [0.1, 0.15) is 17.7 Å². The summed E-state index contributed by atoms with van der Waals surface area (Å²) in [4.78, 5) is 14.1. The van der Waals surface area contributed by atoms with Crippen molar-refractivity contribution in [3.8, 4) is 11.1 Å². The van der Waals surface area contributed by atoms with Crippen LogP contribution in [0.25, 0.3) is 11.1 Å². The van der Waals surface area contributed by atoms with Crippen molar-refractivity contribution in [2.24, 2.45) is 5.92 Å². The number of hydrogen-bond donors (Lipinski definition) is 1. The number of amides is 1. The van der Waals surface area contributed by atoms with Crippen molar-refractivity contribution in [2.45, 2.75) is 30.7 Å². The van der Waals surface area contributed by atoms with E-state index in [0.717, 1.165) is 23.3 Å². The van der Waals surface area contributed by atoms with Crippen LogP contribution in [-0.2, 0) is 14.8 Å². The maximum atomic E-state index is 14.6. The van der Waals surface area contributed by atoms with Crippen molar-refractivity contribution in [3.05, 3.63) is 45.9 Å². The Labute approximate surface area is 185 Å². The maximum absolute atomic E-state index is 14.6. The lowest BCUT2D eigenvalue weighted by atomic mass is 9.98. The number of hydrogen-bond acceptors (Lipinski definition) is 4. The summed E-state index contributed by atoms with van der Waals surface area (Å²) in [5.41, 5.74) is -0.313. The van der Waals surface area contributed by atoms with Gasteiger partial charge in [0, 0.05) is 47.9 Å². The van der Waals surface area contributed by atoms with Gasteiger partial charge in [-0.15, -0.1) is 11.3 Å². The number of halogens is 5. The standard InChI is InChI=1S/C20H19F5N2O3S2/c1-32(29,30)26-15-8-27(6-5-20(15,24)25)19(28)11-7-10(11)16-12(9-31-18(16)23)17-13(21)3-2-4-14(17)22/h2-4,9-11,15,26H,5-8H2,1H3/t10-,11-,15+/m0/s1. The molecule has 2 fully saturated rings. The van der Waals surface area contributed by atoms with Gasteiger partial charge in [0.2, 0.25) is 15.9 Å². The van der Waals surface area contributed by atoms with Gasteiger partial charge in [-0.2, -0.15) is 4.39 Å². The summed E-state index contributed by atoms with van der Waals surface area (Å²) < 4.78 is 96.1. The Morgan fingerprint density at radius 1 is 1.22 bits per heavy atom. The lowest BCUT2D eigenvalue weighted by molar-refractivity contribution is -0.141. The topological polar surface area (TPSA) is 66.5 Å². The van der Waals surface area contributed by atoms with Crippen LogP contribution in [-0.4, -0.2) is 50.5 Å². The van der Waals surface area contributed by atoms with Crippen LogP contribution in [0.2, 0.25) is 0 Å². The van der Waals surface area contributed by atoms with Crippen LogP contribution >= 0.6 is 11.3 Å². The number of rotatable bonds is 5. The van der Waals surface area contributed by atoms with E-state index in [1.54, 1.807) is 0 Å². The zero-order valence-electron chi connectivity index (χ0n) is 16.7. The van der Waals surface area contributed by atoms with Crippen molar-refractivity contribution in [1.29, 1.82) is 0 Å². The molecule has 0 spiro atoms. The fourth-order valence-corrected chi connectivity index (χ4v) is 5.76. The number of carbonyl (C=O) groups is 1. The summed E-state index contributed by atoms with van der Waals surface area (Å²) in [5.74, 6) is -6.94. The quantitative estimate of drug-likeness (QED) is 0.645. The number of carbonyl (C=O) groups excluding carboxylic acids is 1. The molecule has 12 heteroatoms. The number of sulfonamides is 1. The molecule has 1 aromatic carbocycles. The molecule has 2 heterocycles. The minimum absolute atomic E-state index is 0.0326. The second kappa shape index (κ2) is 8.07. The van der Waals surface area contributed by atoms with Gasteiger partial charge in [-0.05, 0) is 18.6 Å². The van der Waals surface area contributed by atoms with E-state index >= 15 is 0 Å². The van der Waals surface area contributed by atoms with E-state index in [0.29, 0.717) is 11.3 Å². The molecule has 1 aromatic heterocycles. The van der Waals surface area contributed by atoms with Crippen molar-refractivity contribution in [2.75, 3.05) is 19.3 Å². The molecule has 2 aromatic rings. The van der Waals surface area contributed by atoms with Gasteiger partial charge in [0.15, 0.2) is 5.13 Å². The minimum Gasteiger partial charge on any atom is -0.340 e. The molecule has 2 aliphatic rings. The summed E-state index contributed by atoms with van der Waals surface area (Å²) in [6, 6.07) is 1.52. The summed E-state index contributed by atoms with van der Waals surface area (Å²) in [6.07, 6.45) is 0.234. The number of likely N-dealkylation sites (tertiary alicyclic amines) is 1. The van der Waals surface area contributed by atoms with Gasteiger partial charge in [0.05, 0.1) is 11.8 Å². The lowest BCUT2D eigenvalue weighted by Crippen LogP contribution is -2.59. The molecule has 3 atom stereocenters. The number of nitrogens with zero attached hydrogens (tertiary/aromatic N) is 1. The number of nitrogens with one attached hydrogen (secondary N) is 1. The highest BCUT2D eigenvalue weighted by Crippen LogP contribution is 2.54. The Morgan fingerprint density at radius 3 is 2.50 bits per heavy atom. The van der Waals surface area contributed by atoms with Crippen molar-refractivity contribution in [1.82, 2.24) is 9.62 Å². The zero-order valence-corrected chi connectivity index (χ0v) is 18.4. The normalized spacial score (nSPS) is 25.1. The Bertz CT molecular complexity index is 1150. The van der Waals surface area contributed by atoms with Gasteiger partial charge in [-0.1, -0.05) is 6.07 Å². The fraction of sp³-hybridized carbons (Fsp3) is 0.450. The SMILES string of the molecule is CS(=O)(=O)N[C@@H]1CN(C(=O)[C@H]2C[C@@H]2c2c(-c3c(F)cccc3F)csc2F)CCC1(F)F. The average Bonchev–Trinajstić information content (AvgIpc) is 3.37. The first-order valence-electron chi connectivity index (χ1n) is 9.74. The van der Waals surface area contributed by atoms with E-state index < -0.39 is 69.5 Å². The van der Waals surface area contributed by atoms with E-state index in [1.807, 2.05) is 4.72 Å². The molecular formula is C20H19F5N2O3S2. The number of benzene rings is 1. The van der Waals surface area contributed by atoms with Crippen LogP contribution in [0.5, 0.6) is 0 Å². The molecule has 1 aliphatic heterocycles. The summed E-state index contributed by atoms with van der Waals surface area (Å²) in [5, 5.41) is 0.629. The van der Waals surface area contributed by atoms with Crippen LogP contribution < -0.4 is 4.72 Å². The van der Waals surface area contributed by atoms with Crippen LogP contribution in [0.1, 0.15) is 24.3 Å². The second-order valence-corrected chi connectivity index (χ2v) is 10.7. The Morgan fingerprint density at radius 2 is 1.88 bits per heavy atom. The molecule has 1 amide bonds. The molecule has 1 aliphatic carbocycles. The highest BCUT2D eigenvalue weighted by molar-refractivity contribution is 7.88. The molecule has 0 bridgehead atoms. The van der Waals surface area contributed by atoms with E-state index in [-0.39, 0.29) is 29.7 Å². The first kappa shape index (κ1) is 23.1. The molecule has 1 saturated heterocycles. The van der Waals surface area contributed by atoms with Crippen molar-refractivity contribution < 1.29 is 35.2 Å². The Kier molecular flexibility index (Phi) is 5.83. The van der Waals surface area contributed by atoms with Crippen LogP contribution in [0.4, 0.5) is 22.0 Å². The monoisotopic (exact) mass is 494 g/mol. The summed E-state index contributed by atoms with van der Waals surface area (Å²) >= 11 is 0.667. The zero-order chi connectivity index (χ0) is 23.4. The number of alkyl halides is 2. The van der Waals surface area contributed by atoms with Gasteiger partial charge in [-0.25, -0.2) is 30.7 Å². The maximum Gasteiger partial charge on any atom is 0.267 e. The molecule has 0 unspecified atom stereocenters. The van der Waals surface area contributed by atoms with Crippen molar-refractivity contribution in [3.63, 3.8) is 0 Å². The third-order valence-corrected chi connectivity index (χ3v) is 7.28. The van der Waals surface area contributed by atoms with Gasteiger partial charge >= 0.3 is 0 Å². The van der Waals surface area contributed by atoms with E-state index in [9.17, 15) is 35.2 Å². The third kappa shape index (κ3) is 4.40. The highest BCUT2D eigenvalue weighted by Gasteiger charge is 2.52. The molecule has 1 saturated carbocycles. The van der Waals surface area contributed by atoms with E-state index in [4.69, 9.17) is 0 Å². The predicted molar refractivity (Wildman–Crippen MR) is 108 cm³/mol. The Balaban J connectivity index is 1.55. The molecule has 0 radical (unpaired) electrons. The largest absolute Gasteiger partial charge is 0.340 e. The minimum atomic E-state index is -3.93. The first-order valence-corrected chi connectivity index (χ1v) is 12.5. The van der Waals surface area contributed by atoms with Crippen LogP contribution in [0.15, 0.2) is 23.6 Å². The van der Waals surface area contributed by atoms with Crippen LogP contribution in [0.3, 0.4) is 0 Å². The smallest absolute Gasteiger partial charge is 0.267 e. The molecule has 32 heavy (non-hydrogen) atoms. The predicted octanol–water partition coefficient (Wildman–Crippen LogP) is 3.72. The van der Waals surface area contributed by atoms with Gasteiger partial charge < -0.3 is 4.90 Å². The third-order valence-electron chi connectivity index (χ3n) is 5.79. The first-order chi connectivity index (χ1) is 14.9.